The number of furan rings is 1. The number of hydrogen-bond donors (Lipinski definition) is 0. The molecule has 0 N–H and O–H groups in total. The van der Waals surface area contributed by atoms with Gasteiger partial charge in [0.1, 0.15) is 11.2 Å². The molecule has 2 bridgehead atoms. The quantitative estimate of drug-likeness (QED) is 0.167. The van der Waals surface area contributed by atoms with Crippen LogP contribution in [0.5, 0.6) is 0 Å². The number of rotatable bonds is 6. The predicted molar refractivity (Wildman–Crippen MR) is 265 cm³/mol. The molecule has 0 aliphatic heterocycles. The lowest BCUT2D eigenvalue weighted by Crippen LogP contribution is -2.31. The fraction of sp³-hybridized carbons (Fsp3) is 0.115. The molecule has 3 unspecified atom stereocenters. The van der Waals surface area contributed by atoms with E-state index >= 15 is 0 Å². The number of anilines is 3. The molecule has 3 nitrogen and oxygen atoms in total. The Morgan fingerprint density at radius 3 is 1.84 bits per heavy atom. The Morgan fingerprint density at radius 1 is 0.438 bits per heavy atom. The average molecular weight is 821 g/mol. The molecule has 3 heteroatoms. The number of fused-ring (bicyclic) bond motifs is 14. The molecule has 3 aliphatic carbocycles. The van der Waals surface area contributed by atoms with Crippen molar-refractivity contribution in [3.8, 4) is 39.1 Å². The van der Waals surface area contributed by atoms with Gasteiger partial charge in [0.15, 0.2) is 0 Å². The summed E-state index contributed by atoms with van der Waals surface area (Å²) in [5, 5.41) is 4.67. The zero-order valence-electron chi connectivity index (χ0n) is 35.4. The lowest BCUT2D eigenvalue weighted by molar-refractivity contribution is 0.327. The zero-order chi connectivity index (χ0) is 41.9. The summed E-state index contributed by atoms with van der Waals surface area (Å²) in [4.78, 5) is 2.39. The minimum Gasteiger partial charge on any atom is -0.456 e. The highest BCUT2D eigenvalue weighted by molar-refractivity contribution is 6.11. The first-order chi connectivity index (χ1) is 31.7. The third kappa shape index (κ3) is 5.21. The molecule has 304 valence electrons. The molecule has 9 aromatic carbocycles. The Balaban J connectivity index is 0.844. The van der Waals surface area contributed by atoms with Gasteiger partial charge in [0.05, 0.1) is 11.0 Å². The van der Waals surface area contributed by atoms with E-state index in [0.717, 1.165) is 56.5 Å². The molecule has 2 fully saturated rings. The van der Waals surface area contributed by atoms with E-state index in [1.807, 2.05) is 12.1 Å². The van der Waals surface area contributed by atoms with Crippen LogP contribution in [0.1, 0.15) is 36.8 Å². The fourth-order valence-corrected chi connectivity index (χ4v) is 12.5. The van der Waals surface area contributed by atoms with Crippen molar-refractivity contribution in [3.05, 3.63) is 217 Å². The van der Waals surface area contributed by atoms with Crippen molar-refractivity contribution in [3.63, 3.8) is 0 Å². The van der Waals surface area contributed by atoms with Crippen molar-refractivity contribution in [2.24, 2.45) is 11.8 Å². The normalized spacial score (nSPS) is 18.4. The first-order valence-electron chi connectivity index (χ1n) is 22.9. The molecule has 2 saturated carbocycles. The lowest BCUT2D eigenvalue weighted by atomic mass is 9.66. The van der Waals surface area contributed by atoms with Crippen molar-refractivity contribution in [1.82, 2.24) is 4.57 Å². The topological polar surface area (TPSA) is 21.3 Å². The van der Waals surface area contributed by atoms with Crippen LogP contribution in [0.3, 0.4) is 0 Å². The van der Waals surface area contributed by atoms with Gasteiger partial charge in [-0.05, 0) is 154 Å². The van der Waals surface area contributed by atoms with Crippen LogP contribution in [0.25, 0.3) is 82.8 Å². The molecular weight excluding hydrogens is 777 g/mol. The largest absolute Gasteiger partial charge is 0.456 e. The van der Waals surface area contributed by atoms with Crippen molar-refractivity contribution in [1.29, 1.82) is 0 Å². The van der Waals surface area contributed by atoms with Crippen molar-refractivity contribution in [2.75, 3.05) is 4.90 Å². The summed E-state index contributed by atoms with van der Waals surface area (Å²) < 4.78 is 8.67. The fourth-order valence-electron chi connectivity index (χ4n) is 12.5. The molecule has 11 aromatic rings. The van der Waals surface area contributed by atoms with Crippen molar-refractivity contribution >= 4 is 60.8 Å². The van der Waals surface area contributed by atoms with Gasteiger partial charge in [-0.3, -0.25) is 0 Å². The molecule has 3 aliphatic rings. The third-order valence-electron chi connectivity index (χ3n) is 15.3. The highest BCUT2D eigenvalue weighted by Gasteiger charge is 2.56. The van der Waals surface area contributed by atoms with Crippen molar-refractivity contribution < 1.29 is 4.42 Å². The molecule has 14 rings (SSSR count). The molecule has 64 heavy (non-hydrogen) atoms. The predicted octanol–water partition coefficient (Wildman–Crippen LogP) is 16.6. The van der Waals surface area contributed by atoms with E-state index in [2.05, 4.69) is 204 Å². The summed E-state index contributed by atoms with van der Waals surface area (Å²) >= 11 is 0. The van der Waals surface area contributed by atoms with Gasteiger partial charge < -0.3 is 13.9 Å². The average Bonchev–Trinajstić information content (AvgIpc) is 4.19. The maximum absolute atomic E-state index is 6.29. The highest BCUT2D eigenvalue weighted by atomic mass is 16.3. The number of aromatic nitrogens is 1. The van der Waals surface area contributed by atoms with Crippen LogP contribution >= 0.6 is 0 Å². The van der Waals surface area contributed by atoms with E-state index in [1.54, 1.807) is 11.1 Å². The number of nitrogens with zero attached hydrogens (tertiary/aromatic N) is 2. The van der Waals surface area contributed by atoms with Crippen LogP contribution in [0, 0.1) is 11.8 Å². The summed E-state index contributed by atoms with van der Waals surface area (Å²) in [7, 11) is 0. The highest BCUT2D eigenvalue weighted by Crippen LogP contribution is 2.66. The summed E-state index contributed by atoms with van der Waals surface area (Å²) in [5.41, 5.74) is 19.8. The van der Waals surface area contributed by atoms with Gasteiger partial charge >= 0.3 is 0 Å². The van der Waals surface area contributed by atoms with E-state index in [1.165, 1.54) is 80.9 Å². The second-order valence-corrected chi connectivity index (χ2v) is 18.5. The molecule has 1 spiro atoms. The summed E-state index contributed by atoms with van der Waals surface area (Å²) in [6, 6.07) is 76.1. The monoisotopic (exact) mass is 820 g/mol. The Kier molecular flexibility index (Phi) is 7.68. The first kappa shape index (κ1) is 35.9. The maximum atomic E-state index is 6.29. The number of para-hydroxylation sites is 3. The van der Waals surface area contributed by atoms with E-state index < -0.39 is 0 Å². The molecular formula is C61H44N2O. The Labute approximate surface area is 372 Å². The molecule has 2 aromatic heterocycles. The number of hydrogen-bond acceptors (Lipinski definition) is 2. The minimum atomic E-state index is 0.186. The van der Waals surface area contributed by atoms with E-state index in [4.69, 9.17) is 4.42 Å². The smallest absolute Gasteiger partial charge is 0.135 e. The van der Waals surface area contributed by atoms with Crippen LogP contribution in [-0.2, 0) is 5.41 Å². The molecule has 0 amide bonds. The van der Waals surface area contributed by atoms with Crippen LogP contribution in [0.4, 0.5) is 17.1 Å². The van der Waals surface area contributed by atoms with Crippen LogP contribution < -0.4 is 4.90 Å². The molecule has 2 heterocycles. The van der Waals surface area contributed by atoms with E-state index in [9.17, 15) is 0 Å². The standard InChI is InChI=1S/C61H44N2O/c1-2-10-45(11-3-1)63-57-16-8-5-13-51(57)53-36-47(29-32-58(53)63)62(48-30-33-60-54(37-48)52-14-6-9-17-59(52)64-60)46-27-23-41(24-28-46)40-19-21-42(22-20-40)43-25-31-50-49-12-4-7-15-55(49)61(56(50)35-43)38-39-18-26-44(61)34-39/h1-17,19-25,27-33,35-37,39,44H,18,26,34,38H2. The van der Waals surface area contributed by atoms with Crippen LogP contribution in [-0.4, -0.2) is 4.57 Å². The van der Waals surface area contributed by atoms with Gasteiger partial charge in [-0.1, -0.05) is 134 Å². The van der Waals surface area contributed by atoms with Crippen molar-refractivity contribution in [2.45, 2.75) is 31.1 Å². The summed E-state index contributed by atoms with van der Waals surface area (Å²) in [6.07, 6.45) is 5.45. The van der Waals surface area contributed by atoms with Gasteiger partial charge in [-0.25, -0.2) is 0 Å². The van der Waals surface area contributed by atoms with E-state index in [0.29, 0.717) is 0 Å². The van der Waals surface area contributed by atoms with Gasteiger partial charge in [-0.15, -0.1) is 0 Å². The van der Waals surface area contributed by atoms with Gasteiger partial charge in [0, 0.05) is 49.7 Å². The van der Waals surface area contributed by atoms with E-state index in [-0.39, 0.29) is 5.41 Å². The summed E-state index contributed by atoms with van der Waals surface area (Å²) in [6.45, 7) is 0. The Hall–Kier alpha value is -7.62. The SMILES string of the molecule is c1ccc(-n2c3ccccc3c3cc(N(c4ccc(-c5ccc(-c6ccc7c(c6)C6(CC8CCC6C8)c6ccccc6-7)cc5)cc4)c4ccc5oc6ccccc6c5c4)ccc32)cc1. The van der Waals surface area contributed by atoms with Gasteiger partial charge in [0.2, 0.25) is 0 Å². The van der Waals surface area contributed by atoms with Crippen LogP contribution in [0.2, 0.25) is 0 Å². The second-order valence-electron chi connectivity index (χ2n) is 18.5. The lowest BCUT2D eigenvalue weighted by Gasteiger charge is -2.36. The number of benzene rings is 9. The van der Waals surface area contributed by atoms with Crippen LogP contribution in [0.15, 0.2) is 211 Å². The first-order valence-corrected chi connectivity index (χ1v) is 22.9. The molecule has 0 saturated heterocycles. The molecule has 0 radical (unpaired) electrons. The third-order valence-corrected chi connectivity index (χ3v) is 15.3. The minimum absolute atomic E-state index is 0.186. The second kappa shape index (κ2) is 13.7. The maximum Gasteiger partial charge on any atom is 0.135 e. The molecule has 3 atom stereocenters. The Morgan fingerprint density at radius 2 is 1.05 bits per heavy atom. The van der Waals surface area contributed by atoms with Gasteiger partial charge in [-0.2, -0.15) is 0 Å². The zero-order valence-corrected chi connectivity index (χ0v) is 35.4. The summed E-state index contributed by atoms with van der Waals surface area (Å²) in [5.74, 6) is 1.62. The van der Waals surface area contributed by atoms with Gasteiger partial charge in [0.25, 0.3) is 0 Å². The Bertz CT molecular complexity index is 3630.